The van der Waals surface area contributed by atoms with Crippen molar-refractivity contribution in [2.45, 2.75) is 39.5 Å². The summed E-state index contributed by atoms with van der Waals surface area (Å²) in [5.41, 5.74) is 0. The fourth-order valence-corrected chi connectivity index (χ4v) is 1.43. The van der Waals surface area contributed by atoms with Crippen molar-refractivity contribution >= 4 is 7.82 Å². The lowest BCUT2D eigenvalue weighted by Gasteiger charge is -2.21. The van der Waals surface area contributed by atoms with Crippen LogP contribution in [0.1, 0.15) is 26.7 Å². The Morgan fingerprint density at radius 3 is 1.60 bits per heavy atom. The molecule has 0 aromatic rings. The molecule has 20 heavy (non-hydrogen) atoms. The molecule has 0 aliphatic carbocycles. The first-order valence-corrected chi connectivity index (χ1v) is 7.50. The largest absolute Gasteiger partial charge is 0.756 e. The van der Waals surface area contributed by atoms with E-state index in [1.54, 1.807) is 0 Å². The summed E-state index contributed by atoms with van der Waals surface area (Å²) in [5.74, 6) is 0. The van der Waals surface area contributed by atoms with E-state index >= 15 is 0 Å². The van der Waals surface area contributed by atoms with Crippen LogP contribution in [-0.2, 0) is 13.6 Å². The summed E-state index contributed by atoms with van der Waals surface area (Å²) < 4.78 is 62.9. The van der Waals surface area contributed by atoms with E-state index < -0.39 is 33.9 Å². The lowest BCUT2D eigenvalue weighted by Crippen LogP contribution is -2.15. The lowest BCUT2D eigenvalue weighted by atomic mass is 10.4. The van der Waals surface area contributed by atoms with Crippen molar-refractivity contribution in [1.29, 1.82) is 0 Å². The summed E-state index contributed by atoms with van der Waals surface area (Å²) >= 11 is 0. The van der Waals surface area contributed by atoms with Gasteiger partial charge in [-0.3, -0.25) is 4.57 Å². The molecule has 0 unspecified atom stereocenters. The third-order valence-corrected chi connectivity index (χ3v) is 2.41. The summed E-state index contributed by atoms with van der Waals surface area (Å²) in [6.45, 7) is 3.61. The second kappa shape index (κ2) is 13.8. The van der Waals surface area contributed by atoms with Gasteiger partial charge in [-0.15, -0.1) is 13.1 Å². The van der Waals surface area contributed by atoms with Crippen LogP contribution < -0.4 is 4.89 Å². The third kappa shape index (κ3) is 20.1. The molecule has 0 rings (SSSR count). The van der Waals surface area contributed by atoms with Gasteiger partial charge in [0.05, 0.1) is 0 Å². The van der Waals surface area contributed by atoms with Crippen molar-refractivity contribution in [3.8, 4) is 0 Å². The quantitative estimate of drug-likeness (QED) is 0.351. The number of rotatable bonds is 10. The van der Waals surface area contributed by atoms with Crippen LogP contribution in [0.25, 0.3) is 5.32 Å². The molecule has 5 nitrogen and oxygen atoms in total. The van der Waals surface area contributed by atoms with E-state index in [0.717, 1.165) is 13.1 Å². The van der Waals surface area contributed by atoms with E-state index in [-0.39, 0.29) is 0 Å². The van der Waals surface area contributed by atoms with E-state index in [4.69, 9.17) is 0 Å². The molecule has 0 aromatic carbocycles. The Kier molecular flexibility index (Phi) is 15.2. The maximum Gasteiger partial charge on any atom is 0.268 e. The number of nitrogens with zero attached hydrogens (tertiary/aromatic N) is 1. The van der Waals surface area contributed by atoms with E-state index in [1.165, 1.54) is 12.8 Å². The van der Waals surface area contributed by atoms with Crippen molar-refractivity contribution in [2.24, 2.45) is 0 Å². The van der Waals surface area contributed by atoms with Gasteiger partial charge in [-0.05, 0) is 0 Å². The van der Waals surface area contributed by atoms with Crippen LogP contribution in [0.3, 0.4) is 0 Å². The monoisotopic (exact) mass is 325 g/mol. The Morgan fingerprint density at radius 1 is 1.00 bits per heavy atom. The first-order valence-electron chi connectivity index (χ1n) is 6.04. The molecule has 124 valence electrons. The molecule has 0 aliphatic rings. The van der Waals surface area contributed by atoms with Crippen molar-refractivity contribution in [3.05, 3.63) is 5.32 Å². The highest BCUT2D eigenvalue weighted by atomic mass is 31.2. The van der Waals surface area contributed by atoms with Crippen molar-refractivity contribution in [3.63, 3.8) is 0 Å². The van der Waals surface area contributed by atoms with Gasteiger partial charge in [0.1, 0.15) is 13.2 Å². The molecule has 0 saturated heterocycles. The molecule has 0 N–H and O–H groups in total. The first-order chi connectivity index (χ1) is 9.25. The Labute approximate surface area is 116 Å². The SMILES string of the molecule is CCC[N-]CCC.O=P([O-])(OCC(F)F)OCC(F)F. The molecule has 0 bridgehead atoms. The number of halogens is 4. The van der Waals surface area contributed by atoms with Gasteiger partial charge in [0.25, 0.3) is 20.7 Å². The Bertz CT molecular complexity index is 239. The van der Waals surface area contributed by atoms with Crippen LogP contribution in [0.15, 0.2) is 0 Å². The highest BCUT2D eigenvalue weighted by molar-refractivity contribution is 7.45. The minimum atomic E-state index is -5.01. The predicted octanol–water partition coefficient (Wildman–Crippen LogP) is 3.20. The van der Waals surface area contributed by atoms with Crippen molar-refractivity contribution in [1.82, 2.24) is 0 Å². The van der Waals surface area contributed by atoms with Crippen LogP contribution >= 0.6 is 7.82 Å². The van der Waals surface area contributed by atoms with Crippen molar-refractivity contribution in [2.75, 3.05) is 26.3 Å². The highest BCUT2D eigenvalue weighted by Crippen LogP contribution is 2.38. The minimum Gasteiger partial charge on any atom is -0.756 e. The fourth-order valence-electron chi connectivity index (χ4n) is 0.761. The van der Waals surface area contributed by atoms with Gasteiger partial charge in [-0.1, -0.05) is 26.7 Å². The normalized spacial score (nSPS) is 11.7. The highest BCUT2D eigenvalue weighted by Gasteiger charge is 2.15. The molecule has 0 saturated carbocycles. The Morgan fingerprint density at radius 2 is 1.35 bits per heavy atom. The van der Waals surface area contributed by atoms with Gasteiger partial charge in [-0.25, -0.2) is 17.6 Å². The molecule has 0 radical (unpaired) electrons. The van der Waals surface area contributed by atoms with Gasteiger partial charge in [0.2, 0.25) is 0 Å². The van der Waals surface area contributed by atoms with Crippen molar-refractivity contribution < 1.29 is 36.1 Å². The summed E-state index contributed by atoms with van der Waals surface area (Å²) in [5, 5.41) is 4.21. The van der Waals surface area contributed by atoms with Gasteiger partial charge in [-0.2, -0.15) is 0 Å². The first kappa shape index (κ1) is 22.1. The Balaban J connectivity index is 0. The zero-order valence-corrected chi connectivity index (χ0v) is 12.3. The molecular formula is C10H20F4NO4P-2. The molecule has 0 fully saturated rings. The minimum absolute atomic E-state index is 1.05. The number of alkyl halides is 4. The summed E-state index contributed by atoms with van der Waals surface area (Å²) in [7, 11) is -5.01. The number of phosphoric acid groups is 1. The zero-order chi connectivity index (χ0) is 16.0. The van der Waals surface area contributed by atoms with Crippen LogP contribution in [0.2, 0.25) is 0 Å². The second-order valence-corrected chi connectivity index (χ2v) is 4.90. The maximum atomic E-state index is 11.4. The van der Waals surface area contributed by atoms with Crippen LogP contribution in [-0.4, -0.2) is 39.2 Å². The zero-order valence-electron chi connectivity index (χ0n) is 11.4. The number of hydrogen-bond acceptors (Lipinski definition) is 4. The third-order valence-electron chi connectivity index (χ3n) is 1.48. The molecule has 0 aliphatic heterocycles. The smallest absolute Gasteiger partial charge is 0.268 e. The van der Waals surface area contributed by atoms with Gasteiger partial charge >= 0.3 is 0 Å². The van der Waals surface area contributed by atoms with Crippen LogP contribution in [0, 0.1) is 0 Å². The van der Waals surface area contributed by atoms with Gasteiger partial charge < -0.3 is 19.3 Å². The standard InChI is InChI=1S/C6H14N.C4H7F4O4P/c1-3-5-7-6-4-2;5-3(6)1-11-13(9,10)12-2-4(7)8/h3-6H2,1-2H3;3-4H,1-2H2,(H,9,10)/q-1;/p-1. The van der Waals surface area contributed by atoms with Crippen LogP contribution in [0.4, 0.5) is 17.6 Å². The van der Waals surface area contributed by atoms with Gasteiger partial charge in [0.15, 0.2) is 0 Å². The molecule has 0 aromatic heterocycles. The number of phosphoric ester groups is 1. The average Bonchev–Trinajstić information content (AvgIpc) is 2.36. The van der Waals surface area contributed by atoms with Crippen LogP contribution in [0.5, 0.6) is 0 Å². The van der Waals surface area contributed by atoms with E-state index in [9.17, 15) is 27.0 Å². The summed E-state index contributed by atoms with van der Waals surface area (Å²) in [6.07, 6.45) is -3.62. The van der Waals surface area contributed by atoms with Gasteiger partial charge in [0, 0.05) is 0 Å². The van der Waals surface area contributed by atoms with E-state index in [2.05, 4.69) is 28.2 Å². The molecule has 10 heteroatoms. The summed E-state index contributed by atoms with van der Waals surface area (Å²) in [6, 6.07) is 0. The maximum absolute atomic E-state index is 11.4. The Hall–Kier alpha value is -0.210. The number of hydrogen-bond donors (Lipinski definition) is 0. The predicted molar refractivity (Wildman–Crippen MR) is 65.2 cm³/mol. The molecular weight excluding hydrogens is 305 g/mol. The van der Waals surface area contributed by atoms with E-state index in [1.807, 2.05) is 0 Å². The topological polar surface area (TPSA) is 72.7 Å². The molecule has 0 atom stereocenters. The lowest BCUT2D eigenvalue weighted by molar-refractivity contribution is -0.230. The average molecular weight is 325 g/mol. The molecule has 0 heterocycles. The molecule has 0 amide bonds. The second-order valence-electron chi connectivity index (χ2n) is 3.49. The van der Waals surface area contributed by atoms with E-state index in [0.29, 0.717) is 0 Å². The fraction of sp³-hybridized carbons (Fsp3) is 1.00. The summed E-state index contributed by atoms with van der Waals surface area (Å²) in [4.78, 5) is 10.4. The molecule has 0 spiro atoms.